The van der Waals surface area contributed by atoms with Gasteiger partial charge in [0.1, 0.15) is 5.82 Å². The van der Waals surface area contributed by atoms with Gasteiger partial charge in [-0.1, -0.05) is 18.2 Å². The molecule has 1 heterocycles. The van der Waals surface area contributed by atoms with Crippen LogP contribution >= 0.6 is 0 Å². The molecule has 0 atom stereocenters. The Morgan fingerprint density at radius 1 is 1.05 bits per heavy atom. The first-order valence-corrected chi connectivity index (χ1v) is 6.07. The van der Waals surface area contributed by atoms with Crippen LogP contribution in [0.4, 0.5) is 4.39 Å². The lowest BCUT2D eigenvalue weighted by atomic mass is 10.1. The fraction of sp³-hybridized carbons (Fsp3) is 0. The molecule has 3 rings (SSSR count). The van der Waals surface area contributed by atoms with Crippen molar-refractivity contribution in [3.8, 4) is 22.9 Å². The minimum absolute atomic E-state index is 0.261. The number of halogens is 1. The minimum atomic E-state index is -0.261. The van der Waals surface area contributed by atoms with Gasteiger partial charge in [0.05, 0.1) is 23.5 Å². The van der Waals surface area contributed by atoms with Gasteiger partial charge < -0.3 is 0 Å². The standard InChI is InChI=1S/C16H10FN3/c17-15-6-4-13(5-7-15)14-10-19-20(11-14)16-3-1-2-12(8-16)9-18/h1-8,10-11H. The van der Waals surface area contributed by atoms with Crippen LogP contribution in [0.2, 0.25) is 0 Å². The Labute approximate surface area is 115 Å². The molecule has 0 bridgehead atoms. The van der Waals surface area contributed by atoms with Crippen molar-refractivity contribution < 1.29 is 4.39 Å². The molecular formula is C16H10FN3. The van der Waals surface area contributed by atoms with Gasteiger partial charge in [0.15, 0.2) is 0 Å². The van der Waals surface area contributed by atoms with Gasteiger partial charge in [-0.25, -0.2) is 9.07 Å². The Bertz CT molecular complexity index is 782. The molecule has 96 valence electrons. The van der Waals surface area contributed by atoms with E-state index in [1.165, 1.54) is 12.1 Å². The second-order valence-corrected chi connectivity index (χ2v) is 4.34. The summed E-state index contributed by atoms with van der Waals surface area (Å²) in [5.74, 6) is -0.261. The van der Waals surface area contributed by atoms with Crippen molar-refractivity contribution in [2.24, 2.45) is 0 Å². The molecule has 3 aromatic rings. The maximum Gasteiger partial charge on any atom is 0.123 e. The van der Waals surface area contributed by atoms with Gasteiger partial charge in [-0.15, -0.1) is 0 Å². The first kappa shape index (κ1) is 12.1. The van der Waals surface area contributed by atoms with Crippen LogP contribution in [0.1, 0.15) is 5.56 Å². The summed E-state index contributed by atoms with van der Waals surface area (Å²) in [5, 5.41) is 13.2. The van der Waals surface area contributed by atoms with Crippen LogP contribution in [0.5, 0.6) is 0 Å². The maximum absolute atomic E-state index is 12.9. The predicted octanol–water partition coefficient (Wildman–Crippen LogP) is 3.55. The quantitative estimate of drug-likeness (QED) is 0.709. The molecule has 0 spiro atoms. The molecule has 0 unspecified atom stereocenters. The molecule has 2 aromatic carbocycles. The molecule has 0 saturated carbocycles. The van der Waals surface area contributed by atoms with E-state index in [1.807, 2.05) is 18.3 Å². The highest BCUT2D eigenvalue weighted by Crippen LogP contribution is 2.20. The lowest BCUT2D eigenvalue weighted by molar-refractivity contribution is 0.628. The van der Waals surface area contributed by atoms with E-state index in [-0.39, 0.29) is 5.82 Å². The average molecular weight is 263 g/mol. The lowest BCUT2D eigenvalue weighted by Crippen LogP contribution is -1.94. The highest BCUT2D eigenvalue weighted by Gasteiger charge is 2.04. The molecule has 0 amide bonds. The van der Waals surface area contributed by atoms with Gasteiger partial charge in [-0.2, -0.15) is 10.4 Å². The number of nitrogens with zero attached hydrogens (tertiary/aromatic N) is 3. The van der Waals surface area contributed by atoms with Crippen LogP contribution in [0, 0.1) is 17.1 Å². The van der Waals surface area contributed by atoms with E-state index < -0.39 is 0 Å². The van der Waals surface area contributed by atoms with Crippen molar-refractivity contribution in [1.29, 1.82) is 5.26 Å². The Morgan fingerprint density at radius 2 is 1.85 bits per heavy atom. The van der Waals surface area contributed by atoms with Gasteiger partial charge in [0, 0.05) is 11.8 Å². The zero-order chi connectivity index (χ0) is 13.9. The molecule has 3 nitrogen and oxygen atoms in total. The lowest BCUT2D eigenvalue weighted by Gasteiger charge is -2.01. The molecule has 1 aromatic heterocycles. The van der Waals surface area contributed by atoms with E-state index in [0.29, 0.717) is 5.56 Å². The summed E-state index contributed by atoms with van der Waals surface area (Å²) >= 11 is 0. The van der Waals surface area contributed by atoms with Gasteiger partial charge in [0.25, 0.3) is 0 Å². The van der Waals surface area contributed by atoms with Gasteiger partial charge >= 0.3 is 0 Å². The largest absolute Gasteiger partial charge is 0.240 e. The molecule has 0 aliphatic rings. The SMILES string of the molecule is N#Cc1cccc(-n2cc(-c3ccc(F)cc3)cn2)c1. The summed E-state index contributed by atoms with van der Waals surface area (Å²) in [6.07, 6.45) is 3.57. The van der Waals surface area contributed by atoms with Gasteiger partial charge in [-0.3, -0.25) is 0 Å². The summed E-state index contributed by atoms with van der Waals surface area (Å²) in [6, 6.07) is 15.6. The third kappa shape index (κ3) is 2.29. The summed E-state index contributed by atoms with van der Waals surface area (Å²) in [5.41, 5.74) is 3.19. The number of hydrogen-bond acceptors (Lipinski definition) is 2. The van der Waals surface area contributed by atoms with Crippen LogP contribution in [-0.2, 0) is 0 Å². The highest BCUT2D eigenvalue weighted by molar-refractivity contribution is 5.62. The molecule has 0 saturated heterocycles. The van der Waals surface area contributed by atoms with Crippen molar-refractivity contribution in [3.63, 3.8) is 0 Å². The molecular weight excluding hydrogens is 253 g/mol. The van der Waals surface area contributed by atoms with Crippen LogP contribution < -0.4 is 0 Å². The summed E-state index contributed by atoms with van der Waals surface area (Å²) in [4.78, 5) is 0. The second-order valence-electron chi connectivity index (χ2n) is 4.34. The molecule has 20 heavy (non-hydrogen) atoms. The fourth-order valence-electron chi connectivity index (χ4n) is 1.97. The maximum atomic E-state index is 12.9. The van der Waals surface area contributed by atoms with Crippen molar-refractivity contribution in [2.45, 2.75) is 0 Å². The summed E-state index contributed by atoms with van der Waals surface area (Å²) in [7, 11) is 0. The zero-order valence-electron chi connectivity index (χ0n) is 10.5. The van der Waals surface area contributed by atoms with Crippen LogP contribution in [0.15, 0.2) is 60.9 Å². The van der Waals surface area contributed by atoms with Gasteiger partial charge in [-0.05, 0) is 35.9 Å². The number of aromatic nitrogens is 2. The monoisotopic (exact) mass is 263 g/mol. The van der Waals surface area contributed by atoms with E-state index in [9.17, 15) is 4.39 Å². The van der Waals surface area contributed by atoms with Crippen LogP contribution in [-0.4, -0.2) is 9.78 Å². The van der Waals surface area contributed by atoms with E-state index in [2.05, 4.69) is 11.2 Å². The minimum Gasteiger partial charge on any atom is -0.240 e. The van der Waals surface area contributed by atoms with E-state index in [0.717, 1.165) is 16.8 Å². The Morgan fingerprint density at radius 3 is 2.60 bits per heavy atom. The fourth-order valence-corrected chi connectivity index (χ4v) is 1.97. The Balaban J connectivity index is 1.97. The normalized spacial score (nSPS) is 10.2. The van der Waals surface area contributed by atoms with Crippen LogP contribution in [0.3, 0.4) is 0 Å². The third-order valence-electron chi connectivity index (χ3n) is 3.00. The van der Waals surface area contributed by atoms with E-state index in [4.69, 9.17) is 5.26 Å². The van der Waals surface area contributed by atoms with Crippen molar-refractivity contribution >= 4 is 0 Å². The topological polar surface area (TPSA) is 41.6 Å². The number of nitriles is 1. The summed E-state index contributed by atoms with van der Waals surface area (Å²) in [6.45, 7) is 0. The molecule has 4 heteroatoms. The number of rotatable bonds is 2. The zero-order valence-corrected chi connectivity index (χ0v) is 10.5. The highest BCUT2D eigenvalue weighted by atomic mass is 19.1. The van der Waals surface area contributed by atoms with Gasteiger partial charge in [0.2, 0.25) is 0 Å². The van der Waals surface area contributed by atoms with E-state index in [1.54, 1.807) is 35.1 Å². The van der Waals surface area contributed by atoms with Crippen molar-refractivity contribution in [2.75, 3.05) is 0 Å². The van der Waals surface area contributed by atoms with Crippen molar-refractivity contribution in [3.05, 3.63) is 72.3 Å². The molecule has 0 N–H and O–H groups in total. The first-order chi connectivity index (χ1) is 9.76. The predicted molar refractivity (Wildman–Crippen MR) is 73.7 cm³/mol. The number of hydrogen-bond donors (Lipinski definition) is 0. The molecule has 0 fully saturated rings. The Kier molecular flexibility index (Phi) is 3.02. The number of benzene rings is 2. The average Bonchev–Trinajstić information content (AvgIpc) is 2.98. The van der Waals surface area contributed by atoms with E-state index >= 15 is 0 Å². The van der Waals surface area contributed by atoms with Crippen molar-refractivity contribution in [1.82, 2.24) is 9.78 Å². The molecule has 0 aliphatic heterocycles. The third-order valence-corrected chi connectivity index (χ3v) is 3.00. The molecule has 0 radical (unpaired) electrons. The first-order valence-electron chi connectivity index (χ1n) is 6.07. The second kappa shape index (κ2) is 4.98. The Hall–Kier alpha value is -2.93. The summed E-state index contributed by atoms with van der Waals surface area (Å²) < 4.78 is 14.6. The van der Waals surface area contributed by atoms with Crippen LogP contribution in [0.25, 0.3) is 16.8 Å². The molecule has 0 aliphatic carbocycles. The smallest absolute Gasteiger partial charge is 0.123 e.